The van der Waals surface area contributed by atoms with Gasteiger partial charge in [0.25, 0.3) is 5.91 Å². The Morgan fingerprint density at radius 2 is 1.78 bits per heavy atom. The van der Waals surface area contributed by atoms with Crippen LogP contribution >= 0.6 is 0 Å². The summed E-state index contributed by atoms with van der Waals surface area (Å²) >= 11 is 0. The van der Waals surface area contributed by atoms with E-state index < -0.39 is 35.5 Å². The molecule has 4 amide bonds. The van der Waals surface area contributed by atoms with Gasteiger partial charge in [0.05, 0.1) is 6.04 Å². The minimum atomic E-state index is -1.35. The molecular weight excluding hydrogens is 528 g/mol. The Balaban J connectivity index is 1.47. The molecule has 0 radical (unpaired) electrons. The second kappa shape index (κ2) is 14.6. The summed E-state index contributed by atoms with van der Waals surface area (Å²) in [7, 11) is 0. The van der Waals surface area contributed by atoms with Crippen LogP contribution in [0.15, 0.2) is 65.7 Å². The smallest absolute Gasteiger partial charge is 0.414 e. The molecule has 0 aliphatic carbocycles. The van der Waals surface area contributed by atoms with Crippen LogP contribution in [0.3, 0.4) is 0 Å². The molecule has 12 nitrogen and oxygen atoms in total. The van der Waals surface area contributed by atoms with Crippen LogP contribution in [0, 0.1) is 0 Å². The maximum atomic E-state index is 13.5. The molecule has 2 aromatic carbocycles. The number of alkyl carbamates (subject to hydrolysis) is 1. The number of benzene rings is 2. The standard InChI is InChI=1S/C29H36N6O6/c1-20(37)34-29(2,22-12-7-4-8-13-22)26(39)35-17-15-24(35)25(38)32-23(18-36)14-9-16-31-27(30)33-28(40)41-19-21-10-5-3-6-11-21/h3-8,10-13,18,23-24H,9,14-17,19H2,1-2H3,(H,32,38)(H,34,37)(H3,30,31,33,40)/t23-,24-,29+/m0/s1. The molecule has 0 unspecified atom stereocenters. The van der Waals surface area contributed by atoms with Crippen molar-refractivity contribution >= 4 is 36.1 Å². The average Bonchev–Trinajstić information content (AvgIpc) is 2.93. The lowest BCUT2D eigenvalue weighted by atomic mass is 9.87. The number of likely N-dealkylation sites (tertiary alicyclic amines) is 1. The zero-order valence-electron chi connectivity index (χ0n) is 23.2. The normalized spacial score (nSPS) is 16.8. The summed E-state index contributed by atoms with van der Waals surface area (Å²) in [4.78, 5) is 67.4. The summed E-state index contributed by atoms with van der Waals surface area (Å²) in [5, 5.41) is 7.74. The number of ether oxygens (including phenoxy) is 1. The second-order valence-electron chi connectivity index (χ2n) is 9.82. The number of carbonyl (C=O) groups is 5. The fourth-order valence-corrected chi connectivity index (χ4v) is 4.43. The SMILES string of the molecule is CC(=O)N[C@@](C)(C(=O)N1CC[C@H]1C(=O)N[C@H](C=O)CCCN=C(N)NC(=O)OCc1ccccc1)c1ccccc1. The zero-order valence-corrected chi connectivity index (χ0v) is 23.2. The van der Waals surface area contributed by atoms with Crippen molar-refractivity contribution in [2.45, 2.75) is 57.3 Å². The van der Waals surface area contributed by atoms with Crippen LogP contribution in [-0.2, 0) is 36.1 Å². The molecule has 1 heterocycles. The van der Waals surface area contributed by atoms with Crippen molar-refractivity contribution in [3.8, 4) is 0 Å². The highest BCUT2D eigenvalue weighted by atomic mass is 16.5. The Kier molecular flexibility index (Phi) is 11.0. The maximum absolute atomic E-state index is 13.5. The van der Waals surface area contributed by atoms with Crippen molar-refractivity contribution in [3.63, 3.8) is 0 Å². The number of rotatable bonds is 12. The first kappa shape index (κ1) is 30.8. The molecule has 1 fully saturated rings. The van der Waals surface area contributed by atoms with E-state index in [4.69, 9.17) is 10.5 Å². The third kappa shape index (κ3) is 8.62. The van der Waals surface area contributed by atoms with Crippen molar-refractivity contribution in [2.24, 2.45) is 10.7 Å². The van der Waals surface area contributed by atoms with Gasteiger partial charge in [-0.2, -0.15) is 0 Å². The molecule has 41 heavy (non-hydrogen) atoms. The van der Waals surface area contributed by atoms with Gasteiger partial charge in [-0.25, -0.2) is 4.79 Å². The monoisotopic (exact) mass is 564 g/mol. The molecule has 12 heteroatoms. The van der Waals surface area contributed by atoms with Gasteiger partial charge in [-0.15, -0.1) is 0 Å². The van der Waals surface area contributed by atoms with Gasteiger partial charge in [-0.3, -0.25) is 24.7 Å². The molecule has 0 spiro atoms. The lowest BCUT2D eigenvalue weighted by molar-refractivity contribution is -0.154. The first-order valence-corrected chi connectivity index (χ1v) is 13.3. The van der Waals surface area contributed by atoms with Gasteiger partial charge >= 0.3 is 6.09 Å². The number of nitrogens with one attached hydrogen (secondary N) is 3. The van der Waals surface area contributed by atoms with E-state index in [0.717, 1.165) is 5.56 Å². The zero-order chi connectivity index (χ0) is 29.8. The summed E-state index contributed by atoms with van der Waals surface area (Å²) < 4.78 is 5.08. The molecule has 2 aromatic rings. The molecule has 0 aromatic heterocycles. The van der Waals surface area contributed by atoms with Crippen LogP contribution in [0.2, 0.25) is 0 Å². The molecule has 1 aliphatic rings. The third-order valence-electron chi connectivity index (χ3n) is 6.68. The molecule has 3 rings (SSSR count). The molecule has 5 N–H and O–H groups in total. The van der Waals surface area contributed by atoms with Crippen molar-refractivity contribution in [1.82, 2.24) is 20.9 Å². The van der Waals surface area contributed by atoms with E-state index >= 15 is 0 Å². The highest BCUT2D eigenvalue weighted by Crippen LogP contribution is 2.29. The predicted octanol–water partition coefficient (Wildman–Crippen LogP) is 1.34. The number of guanidine groups is 1. The minimum absolute atomic E-state index is 0.0867. The van der Waals surface area contributed by atoms with E-state index in [0.29, 0.717) is 31.2 Å². The summed E-state index contributed by atoms with van der Waals surface area (Å²) in [6.45, 7) is 3.57. The van der Waals surface area contributed by atoms with Crippen molar-refractivity contribution in [1.29, 1.82) is 0 Å². The first-order chi connectivity index (χ1) is 19.6. The summed E-state index contributed by atoms with van der Waals surface area (Å²) in [6, 6.07) is 16.4. The van der Waals surface area contributed by atoms with Crippen LogP contribution in [0.4, 0.5) is 4.79 Å². The van der Waals surface area contributed by atoms with Crippen molar-refractivity contribution in [3.05, 3.63) is 71.8 Å². The molecule has 218 valence electrons. The topological polar surface area (TPSA) is 172 Å². The van der Waals surface area contributed by atoms with Crippen LogP contribution in [-0.4, -0.2) is 66.1 Å². The van der Waals surface area contributed by atoms with Crippen LogP contribution < -0.4 is 21.7 Å². The Morgan fingerprint density at radius 1 is 1.12 bits per heavy atom. The minimum Gasteiger partial charge on any atom is -0.444 e. The van der Waals surface area contributed by atoms with Crippen molar-refractivity contribution in [2.75, 3.05) is 13.1 Å². The Bertz CT molecular complexity index is 1250. The van der Waals surface area contributed by atoms with Gasteiger partial charge in [0.15, 0.2) is 5.96 Å². The van der Waals surface area contributed by atoms with Gasteiger partial charge in [0.1, 0.15) is 24.5 Å². The largest absolute Gasteiger partial charge is 0.444 e. The predicted molar refractivity (Wildman–Crippen MR) is 151 cm³/mol. The second-order valence-corrected chi connectivity index (χ2v) is 9.82. The Hall–Kier alpha value is -4.74. The maximum Gasteiger partial charge on any atom is 0.414 e. The number of hydrogen-bond donors (Lipinski definition) is 4. The molecule has 1 aliphatic heterocycles. The van der Waals surface area contributed by atoms with Crippen LogP contribution in [0.25, 0.3) is 0 Å². The first-order valence-electron chi connectivity index (χ1n) is 13.3. The van der Waals surface area contributed by atoms with E-state index in [-0.39, 0.29) is 31.4 Å². The van der Waals surface area contributed by atoms with Crippen LogP contribution in [0.5, 0.6) is 0 Å². The van der Waals surface area contributed by atoms with Gasteiger partial charge < -0.3 is 30.8 Å². The fraction of sp³-hybridized carbons (Fsp3) is 0.379. The Labute approximate surface area is 238 Å². The number of aliphatic imine (C=N–C) groups is 1. The number of amides is 4. The van der Waals surface area contributed by atoms with Crippen molar-refractivity contribution < 1.29 is 28.7 Å². The number of nitrogens with zero attached hydrogens (tertiary/aromatic N) is 2. The molecule has 0 bridgehead atoms. The lowest BCUT2D eigenvalue weighted by Crippen LogP contribution is -2.65. The number of aldehydes is 1. The summed E-state index contributed by atoms with van der Waals surface area (Å²) in [6.07, 6.45) is 0.988. The van der Waals surface area contributed by atoms with Gasteiger partial charge in [-0.05, 0) is 37.3 Å². The molecule has 0 saturated carbocycles. The van der Waals surface area contributed by atoms with E-state index in [1.807, 2.05) is 30.3 Å². The number of carbonyl (C=O) groups excluding carboxylic acids is 5. The summed E-state index contributed by atoms with van der Waals surface area (Å²) in [5.74, 6) is -1.37. The molecular formula is C29H36N6O6. The number of nitrogens with two attached hydrogens (primary N) is 1. The van der Waals surface area contributed by atoms with E-state index in [9.17, 15) is 24.0 Å². The number of hydrogen-bond acceptors (Lipinski definition) is 7. The van der Waals surface area contributed by atoms with E-state index in [1.165, 1.54) is 11.8 Å². The lowest BCUT2D eigenvalue weighted by Gasteiger charge is -2.45. The molecule has 3 atom stereocenters. The van der Waals surface area contributed by atoms with Crippen LogP contribution in [0.1, 0.15) is 44.2 Å². The summed E-state index contributed by atoms with van der Waals surface area (Å²) in [5.41, 5.74) is 5.79. The fourth-order valence-electron chi connectivity index (χ4n) is 4.43. The van der Waals surface area contributed by atoms with Gasteiger partial charge in [0.2, 0.25) is 11.8 Å². The quantitative estimate of drug-likeness (QED) is 0.130. The van der Waals surface area contributed by atoms with Gasteiger partial charge in [0, 0.05) is 20.0 Å². The molecule has 1 saturated heterocycles. The third-order valence-corrected chi connectivity index (χ3v) is 6.68. The Morgan fingerprint density at radius 3 is 2.37 bits per heavy atom. The average molecular weight is 565 g/mol. The highest BCUT2D eigenvalue weighted by molar-refractivity contribution is 5.96. The highest BCUT2D eigenvalue weighted by Gasteiger charge is 2.47. The van der Waals surface area contributed by atoms with Gasteiger partial charge in [-0.1, -0.05) is 60.7 Å². The van der Waals surface area contributed by atoms with E-state index in [1.54, 1.807) is 37.3 Å². The van der Waals surface area contributed by atoms with E-state index in [2.05, 4.69) is 20.9 Å².